The van der Waals surface area contributed by atoms with Crippen molar-refractivity contribution >= 4 is 39.2 Å². The molecule has 0 atom stereocenters. The topological polar surface area (TPSA) is 62.2 Å². The van der Waals surface area contributed by atoms with Crippen molar-refractivity contribution in [1.29, 1.82) is 0 Å². The van der Waals surface area contributed by atoms with E-state index >= 15 is 0 Å². The normalized spacial score (nSPS) is 11.8. The maximum Gasteiger partial charge on any atom is 0.244 e. The average molecular weight is 364 g/mol. The Kier molecular flexibility index (Phi) is 4.34. The number of fused-ring (bicyclic) bond motifs is 2. The van der Waals surface area contributed by atoms with Crippen LogP contribution in [0, 0.1) is 13.8 Å². The SMILES string of the molecule is Cc1cn2c(C=CC(=O)NCCc3c[nH]c4ccccc34)c(C)nc2s1. The van der Waals surface area contributed by atoms with Crippen LogP contribution in [0.15, 0.2) is 42.7 Å². The standard InChI is InChI=1S/C20H20N4OS/c1-13-12-24-18(14(2)23-20(24)26-13)7-8-19(25)21-10-9-15-11-22-17-6-4-3-5-16(15)17/h3-8,11-12,22H,9-10H2,1-2H3,(H,21,25). The van der Waals surface area contributed by atoms with Gasteiger partial charge in [0.25, 0.3) is 0 Å². The first-order chi connectivity index (χ1) is 12.6. The van der Waals surface area contributed by atoms with Gasteiger partial charge in [-0.15, -0.1) is 11.3 Å². The number of carbonyl (C=O) groups excluding carboxylic acids is 1. The molecule has 2 N–H and O–H groups in total. The predicted octanol–water partition coefficient (Wildman–Crippen LogP) is 3.87. The molecule has 0 saturated heterocycles. The summed E-state index contributed by atoms with van der Waals surface area (Å²) in [6, 6.07) is 8.20. The van der Waals surface area contributed by atoms with E-state index in [4.69, 9.17) is 0 Å². The number of H-pyrrole nitrogens is 1. The number of nitrogens with one attached hydrogen (secondary N) is 2. The highest BCUT2D eigenvalue weighted by molar-refractivity contribution is 7.17. The van der Waals surface area contributed by atoms with E-state index in [9.17, 15) is 4.79 Å². The van der Waals surface area contributed by atoms with Crippen molar-refractivity contribution in [2.24, 2.45) is 0 Å². The van der Waals surface area contributed by atoms with Crippen LogP contribution in [0.5, 0.6) is 0 Å². The van der Waals surface area contributed by atoms with E-state index in [1.54, 1.807) is 17.4 Å². The summed E-state index contributed by atoms with van der Waals surface area (Å²) in [6.07, 6.45) is 8.27. The van der Waals surface area contributed by atoms with Crippen molar-refractivity contribution in [3.05, 3.63) is 64.6 Å². The fraction of sp³-hybridized carbons (Fsp3) is 0.200. The molecule has 5 nitrogen and oxygen atoms in total. The lowest BCUT2D eigenvalue weighted by atomic mass is 10.1. The van der Waals surface area contributed by atoms with E-state index in [1.165, 1.54) is 15.8 Å². The van der Waals surface area contributed by atoms with Crippen molar-refractivity contribution in [2.45, 2.75) is 20.3 Å². The zero-order valence-corrected chi connectivity index (χ0v) is 15.6. The highest BCUT2D eigenvalue weighted by Crippen LogP contribution is 2.21. The van der Waals surface area contributed by atoms with Gasteiger partial charge >= 0.3 is 0 Å². The number of amides is 1. The molecule has 0 aliphatic heterocycles. The molecule has 3 heterocycles. The number of aryl methyl sites for hydroxylation is 2. The number of hydrogen-bond acceptors (Lipinski definition) is 3. The molecule has 0 bridgehead atoms. The van der Waals surface area contributed by atoms with Crippen LogP contribution in [0.4, 0.5) is 0 Å². The maximum absolute atomic E-state index is 12.2. The van der Waals surface area contributed by atoms with Crippen molar-refractivity contribution < 1.29 is 4.79 Å². The van der Waals surface area contributed by atoms with Crippen LogP contribution in [0.1, 0.15) is 21.8 Å². The van der Waals surface area contributed by atoms with Gasteiger partial charge < -0.3 is 10.3 Å². The Morgan fingerprint density at radius 2 is 2.19 bits per heavy atom. The van der Waals surface area contributed by atoms with Gasteiger partial charge in [0.1, 0.15) is 0 Å². The number of aromatic amines is 1. The molecule has 132 valence electrons. The first-order valence-electron chi connectivity index (χ1n) is 8.58. The third kappa shape index (κ3) is 3.15. The quantitative estimate of drug-likeness (QED) is 0.528. The zero-order valence-electron chi connectivity index (χ0n) is 14.7. The molecule has 0 aliphatic carbocycles. The first kappa shape index (κ1) is 16.6. The Morgan fingerprint density at radius 1 is 1.35 bits per heavy atom. The monoisotopic (exact) mass is 364 g/mol. The molecule has 3 aromatic heterocycles. The largest absolute Gasteiger partial charge is 0.361 e. The molecule has 6 heteroatoms. The van der Waals surface area contributed by atoms with E-state index in [-0.39, 0.29) is 5.91 Å². The van der Waals surface area contributed by atoms with E-state index < -0.39 is 0 Å². The number of para-hydroxylation sites is 1. The Labute approximate surface area is 155 Å². The predicted molar refractivity (Wildman–Crippen MR) is 107 cm³/mol. The average Bonchev–Trinajstić information content (AvgIpc) is 3.26. The van der Waals surface area contributed by atoms with Gasteiger partial charge in [0, 0.05) is 40.8 Å². The van der Waals surface area contributed by atoms with Crippen molar-refractivity contribution in [2.75, 3.05) is 6.54 Å². The van der Waals surface area contributed by atoms with Gasteiger partial charge in [-0.1, -0.05) is 18.2 Å². The Hall–Kier alpha value is -2.86. The summed E-state index contributed by atoms with van der Waals surface area (Å²) in [5.74, 6) is -0.0915. The third-order valence-electron chi connectivity index (χ3n) is 4.42. The Bertz CT molecular complexity index is 1120. The summed E-state index contributed by atoms with van der Waals surface area (Å²) in [7, 11) is 0. The molecule has 0 unspecified atom stereocenters. The van der Waals surface area contributed by atoms with Crippen LogP contribution in [0.3, 0.4) is 0 Å². The summed E-state index contributed by atoms with van der Waals surface area (Å²) >= 11 is 1.65. The summed E-state index contributed by atoms with van der Waals surface area (Å²) in [5.41, 5.74) is 4.22. The minimum Gasteiger partial charge on any atom is -0.361 e. The van der Waals surface area contributed by atoms with Crippen molar-refractivity contribution in [3.8, 4) is 0 Å². The third-order valence-corrected chi connectivity index (χ3v) is 5.32. The number of aromatic nitrogens is 3. The summed E-state index contributed by atoms with van der Waals surface area (Å²) in [5, 5.41) is 4.16. The number of rotatable bonds is 5. The van der Waals surface area contributed by atoms with Crippen LogP contribution in [0.25, 0.3) is 21.9 Å². The lowest BCUT2D eigenvalue weighted by Crippen LogP contribution is -2.23. The fourth-order valence-corrected chi connectivity index (χ4v) is 4.03. The highest BCUT2D eigenvalue weighted by atomic mass is 32.1. The molecule has 4 rings (SSSR count). The molecule has 0 fully saturated rings. The van der Waals surface area contributed by atoms with Gasteiger partial charge in [-0.3, -0.25) is 9.20 Å². The molecule has 4 aromatic rings. The van der Waals surface area contributed by atoms with Gasteiger partial charge in [-0.2, -0.15) is 0 Å². The molecular formula is C20H20N4OS. The Morgan fingerprint density at radius 3 is 3.08 bits per heavy atom. The van der Waals surface area contributed by atoms with E-state index in [0.717, 1.165) is 28.3 Å². The number of hydrogen-bond donors (Lipinski definition) is 2. The molecule has 0 saturated carbocycles. The number of nitrogens with zero attached hydrogens (tertiary/aromatic N) is 2. The van der Waals surface area contributed by atoms with Gasteiger partial charge in [0.2, 0.25) is 5.91 Å². The van der Waals surface area contributed by atoms with Crippen LogP contribution in [-0.2, 0) is 11.2 Å². The Balaban J connectivity index is 1.39. The molecule has 0 aliphatic rings. The second-order valence-electron chi connectivity index (χ2n) is 6.31. The van der Waals surface area contributed by atoms with Crippen molar-refractivity contribution in [3.63, 3.8) is 0 Å². The minimum atomic E-state index is -0.0915. The second-order valence-corrected chi connectivity index (χ2v) is 7.52. The molecule has 26 heavy (non-hydrogen) atoms. The molecule has 1 aromatic carbocycles. The van der Waals surface area contributed by atoms with Gasteiger partial charge in [-0.25, -0.2) is 4.98 Å². The van der Waals surface area contributed by atoms with Gasteiger partial charge in [0.15, 0.2) is 4.96 Å². The molecule has 1 amide bonds. The van der Waals surface area contributed by atoms with Crippen LogP contribution >= 0.6 is 11.3 Å². The molecular weight excluding hydrogens is 344 g/mol. The second kappa shape index (κ2) is 6.80. The fourth-order valence-electron chi connectivity index (χ4n) is 3.15. The smallest absolute Gasteiger partial charge is 0.244 e. The van der Waals surface area contributed by atoms with Gasteiger partial charge in [-0.05, 0) is 38.0 Å². The van der Waals surface area contributed by atoms with E-state index in [2.05, 4.69) is 40.5 Å². The first-order valence-corrected chi connectivity index (χ1v) is 9.39. The van der Waals surface area contributed by atoms with Gasteiger partial charge in [0.05, 0.1) is 11.4 Å². The zero-order chi connectivity index (χ0) is 18.1. The van der Waals surface area contributed by atoms with Crippen molar-refractivity contribution in [1.82, 2.24) is 19.7 Å². The number of benzene rings is 1. The number of imidazole rings is 1. The lowest BCUT2D eigenvalue weighted by Gasteiger charge is -2.02. The van der Waals surface area contributed by atoms with Crippen LogP contribution in [0.2, 0.25) is 0 Å². The number of thiazole rings is 1. The number of carbonyl (C=O) groups is 1. The summed E-state index contributed by atoms with van der Waals surface area (Å²) in [6.45, 7) is 4.62. The lowest BCUT2D eigenvalue weighted by molar-refractivity contribution is -0.116. The van der Waals surface area contributed by atoms with Crippen LogP contribution < -0.4 is 5.32 Å². The highest BCUT2D eigenvalue weighted by Gasteiger charge is 2.09. The minimum absolute atomic E-state index is 0.0915. The molecule has 0 spiro atoms. The maximum atomic E-state index is 12.2. The summed E-state index contributed by atoms with van der Waals surface area (Å²) in [4.78, 5) is 22.1. The summed E-state index contributed by atoms with van der Waals surface area (Å²) < 4.78 is 2.03. The molecule has 0 radical (unpaired) electrons. The van der Waals surface area contributed by atoms with E-state index in [0.29, 0.717) is 6.54 Å². The van der Waals surface area contributed by atoms with Crippen LogP contribution in [-0.4, -0.2) is 26.8 Å². The van der Waals surface area contributed by atoms with E-state index in [1.807, 2.05) is 35.7 Å².